The second kappa shape index (κ2) is 7.36. The van der Waals surface area contributed by atoms with Crippen LogP contribution in [0.2, 0.25) is 0 Å². The van der Waals surface area contributed by atoms with Crippen LogP contribution in [0.15, 0.2) is 18.3 Å². The summed E-state index contributed by atoms with van der Waals surface area (Å²) in [5.74, 6) is 0.461. The molecule has 0 bridgehead atoms. The fraction of sp³-hybridized carbons (Fsp3) is 0.600. The molecule has 0 radical (unpaired) electrons. The van der Waals surface area contributed by atoms with Gasteiger partial charge < -0.3 is 10.1 Å². The lowest BCUT2D eigenvalue weighted by atomic mass is 9.97. The second-order valence-electron chi connectivity index (χ2n) is 5.31. The number of likely N-dealkylation sites (tertiary alicyclic amines) is 1. The van der Waals surface area contributed by atoms with E-state index < -0.39 is 0 Å². The van der Waals surface area contributed by atoms with Gasteiger partial charge >= 0.3 is 5.97 Å². The fourth-order valence-electron chi connectivity index (χ4n) is 2.62. The van der Waals surface area contributed by atoms with E-state index in [2.05, 4.69) is 19.9 Å². The molecular formula is C15H23N3O2. The molecule has 0 unspecified atom stereocenters. The van der Waals surface area contributed by atoms with Gasteiger partial charge in [-0.3, -0.25) is 9.88 Å². The number of aromatic nitrogens is 1. The zero-order valence-corrected chi connectivity index (χ0v) is 12.3. The van der Waals surface area contributed by atoms with Gasteiger partial charge in [-0.2, -0.15) is 0 Å². The molecular weight excluding hydrogens is 254 g/mol. The molecule has 0 spiro atoms. The van der Waals surface area contributed by atoms with Gasteiger partial charge in [0, 0.05) is 12.7 Å². The predicted molar refractivity (Wildman–Crippen MR) is 77.5 cm³/mol. The average molecular weight is 277 g/mol. The summed E-state index contributed by atoms with van der Waals surface area (Å²) in [6, 6.07) is 3.69. The van der Waals surface area contributed by atoms with E-state index in [1.165, 1.54) is 20.0 Å². The van der Waals surface area contributed by atoms with Gasteiger partial charge in [-0.1, -0.05) is 0 Å². The number of ether oxygens (including phenoxy) is 1. The summed E-state index contributed by atoms with van der Waals surface area (Å²) in [7, 11) is 3.39. The third-order valence-corrected chi connectivity index (χ3v) is 3.83. The smallest absolute Gasteiger partial charge is 0.339 e. The number of methoxy groups -OCH3 is 1. The number of rotatable bonds is 5. The molecule has 1 aromatic rings. The van der Waals surface area contributed by atoms with Crippen LogP contribution in [0.5, 0.6) is 0 Å². The largest absolute Gasteiger partial charge is 0.465 e. The van der Waals surface area contributed by atoms with Gasteiger partial charge in [-0.15, -0.1) is 0 Å². The van der Waals surface area contributed by atoms with Crippen LogP contribution in [0.4, 0.5) is 0 Å². The molecule has 0 amide bonds. The SMILES string of the molecule is CNCC1CCN(Cc2ccc(C(=O)OC)cn2)CC1. The third-order valence-electron chi connectivity index (χ3n) is 3.83. The standard InChI is InChI=1S/C15H23N3O2/c1-16-9-12-5-7-18(8-6-12)11-14-4-3-13(10-17-14)15(19)20-2/h3-4,10,12,16H,5-9,11H2,1-2H3. The second-order valence-corrected chi connectivity index (χ2v) is 5.31. The molecule has 0 atom stereocenters. The minimum absolute atomic E-state index is 0.336. The molecule has 5 heteroatoms. The monoisotopic (exact) mass is 277 g/mol. The Morgan fingerprint density at radius 1 is 1.45 bits per heavy atom. The van der Waals surface area contributed by atoms with E-state index in [1.54, 1.807) is 12.3 Å². The molecule has 2 rings (SSSR count). The highest BCUT2D eigenvalue weighted by Gasteiger charge is 2.18. The van der Waals surface area contributed by atoms with Crippen molar-refractivity contribution in [1.29, 1.82) is 0 Å². The van der Waals surface area contributed by atoms with E-state index in [0.29, 0.717) is 5.56 Å². The summed E-state index contributed by atoms with van der Waals surface area (Å²) in [4.78, 5) is 18.1. The van der Waals surface area contributed by atoms with E-state index >= 15 is 0 Å². The Balaban J connectivity index is 1.84. The lowest BCUT2D eigenvalue weighted by Crippen LogP contribution is -2.36. The number of hydrogen-bond donors (Lipinski definition) is 1. The van der Waals surface area contributed by atoms with Crippen LogP contribution in [0, 0.1) is 5.92 Å². The fourth-order valence-corrected chi connectivity index (χ4v) is 2.62. The van der Waals surface area contributed by atoms with Crippen LogP contribution in [-0.2, 0) is 11.3 Å². The summed E-state index contributed by atoms with van der Waals surface area (Å²) in [5, 5.41) is 3.25. The van der Waals surface area contributed by atoms with E-state index in [9.17, 15) is 4.79 Å². The van der Waals surface area contributed by atoms with Gasteiger partial charge in [0.15, 0.2) is 0 Å². The average Bonchev–Trinajstić information content (AvgIpc) is 2.49. The van der Waals surface area contributed by atoms with Crippen LogP contribution in [0.1, 0.15) is 28.9 Å². The zero-order valence-electron chi connectivity index (χ0n) is 12.3. The lowest BCUT2D eigenvalue weighted by molar-refractivity contribution is 0.0600. The molecule has 0 aliphatic carbocycles. The Bertz CT molecular complexity index is 425. The topological polar surface area (TPSA) is 54.5 Å². The number of carbonyl (C=O) groups excluding carboxylic acids is 1. The first-order valence-corrected chi connectivity index (χ1v) is 7.13. The Hall–Kier alpha value is -1.46. The van der Waals surface area contributed by atoms with Gasteiger partial charge in [0.1, 0.15) is 0 Å². The van der Waals surface area contributed by atoms with Crippen molar-refractivity contribution in [2.75, 3.05) is 33.8 Å². The number of esters is 1. The minimum Gasteiger partial charge on any atom is -0.465 e. The number of piperidine rings is 1. The molecule has 1 N–H and O–H groups in total. The molecule has 0 saturated carbocycles. The van der Waals surface area contributed by atoms with Crippen molar-refractivity contribution in [2.24, 2.45) is 5.92 Å². The maximum atomic E-state index is 11.3. The van der Waals surface area contributed by atoms with Crippen LogP contribution < -0.4 is 5.32 Å². The number of hydrogen-bond acceptors (Lipinski definition) is 5. The highest BCUT2D eigenvalue weighted by Crippen LogP contribution is 2.17. The summed E-state index contributed by atoms with van der Waals surface area (Å²) < 4.78 is 4.67. The number of nitrogens with zero attached hydrogens (tertiary/aromatic N) is 2. The van der Waals surface area contributed by atoms with Gasteiger partial charge in [-0.05, 0) is 57.6 Å². The van der Waals surface area contributed by atoms with E-state index in [4.69, 9.17) is 0 Å². The summed E-state index contributed by atoms with van der Waals surface area (Å²) in [6.45, 7) is 4.20. The number of pyridine rings is 1. The molecule has 1 aliphatic heterocycles. The highest BCUT2D eigenvalue weighted by molar-refractivity contribution is 5.88. The maximum absolute atomic E-state index is 11.3. The Morgan fingerprint density at radius 2 is 2.20 bits per heavy atom. The van der Waals surface area contributed by atoms with Gasteiger partial charge in [0.2, 0.25) is 0 Å². The van der Waals surface area contributed by atoms with Crippen LogP contribution in [0.3, 0.4) is 0 Å². The van der Waals surface area contributed by atoms with Crippen molar-refractivity contribution in [3.05, 3.63) is 29.6 Å². The lowest BCUT2D eigenvalue weighted by Gasteiger charge is -2.31. The van der Waals surface area contributed by atoms with Crippen LogP contribution in [-0.4, -0.2) is 49.6 Å². The van der Waals surface area contributed by atoms with Crippen molar-refractivity contribution < 1.29 is 9.53 Å². The number of carbonyl (C=O) groups is 1. The Morgan fingerprint density at radius 3 is 2.75 bits per heavy atom. The molecule has 20 heavy (non-hydrogen) atoms. The molecule has 110 valence electrons. The Labute approximate surface area is 120 Å². The molecule has 1 aliphatic rings. The summed E-state index contributed by atoms with van der Waals surface area (Å²) in [5.41, 5.74) is 1.51. The molecule has 5 nitrogen and oxygen atoms in total. The maximum Gasteiger partial charge on any atom is 0.339 e. The molecule has 2 heterocycles. The Kier molecular flexibility index (Phi) is 5.49. The molecule has 1 fully saturated rings. The van der Waals surface area contributed by atoms with Gasteiger partial charge in [0.05, 0.1) is 18.4 Å². The first kappa shape index (κ1) is 14.9. The predicted octanol–water partition coefficient (Wildman–Crippen LogP) is 1.30. The van der Waals surface area contributed by atoms with Crippen molar-refractivity contribution >= 4 is 5.97 Å². The van der Waals surface area contributed by atoms with Crippen LogP contribution in [0.25, 0.3) is 0 Å². The number of nitrogens with one attached hydrogen (secondary N) is 1. The van der Waals surface area contributed by atoms with Gasteiger partial charge in [0.25, 0.3) is 0 Å². The summed E-state index contributed by atoms with van der Waals surface area (Å²) in [6.07, 6.45) is 4.07. The first-order valence-electron chi connectivity index (χ1n) is 7.13. The molecule has 1 aromatic heterocycles. The van der Waals surface area contributed by atoms with E-state index in [-0.39, 0.29) is 5.97 Å². The summed E-state index contributed by atoms with van der Waals surface area (Å²) >= 11 is 0. The highest BCUT2D eigenvalue weighted by atomic mass is 16.5. The quantitative estimate of drug-likeness (QED) is 0.822. The minimum atomic E-state index is -0.336. The third kappa shape index (κ3) is 4.02. The normalized spacial score (nSPS) is 17.1. The van der Waals surface area contributed by atoms with Crippen molar-refractivity contribution in [3.8, 4) is 0 Å². The van der Waals surface area contributed by atoms with Gasteiger partial charge in [-0.25, -0.2) is 4.79 Å². The van der Waals surface area contributed by atoms with E-state index in [1.807, 2.05) is 13.1 Å². The first-order chi connectivity index (χ1) is 9.72. The molecule has 0 aromatic carbocycles. The van der Waals surface area contributed by atoms with Crippen molar-refractivity contribution in [3.63, 3.8) is 0 Å². The van der Waals surface area contributed by atoms with E-state index in [0.717, 1.165) is 37.8 Å². The zero-order chi connectivity index (χ0) is 14.4. The molecule has 1 saturated heterocycles. The van der Waals surface area contributed by atoms with Crippen molar-refractivity contribution in [2.45, 2.75) is 19.4 Å². The van der Waals surface area contributed by atoms with Crippen LogP contribution >= 0.6 is 0 Å². The van der Waals surface area contributed by atoms with Crippen molar-refractivity contribution in [1.82, 2.24) is 15.2 Å².